The van der Waals surface area contributed by atoms with Crippen LogP contribution in [0.1, 0.15) is 15.9 Å². The van der Waals surface area contributed by atoms with E-state index in [4.69, 9.17) is 23.2 Å². The first-order chi connectivity index (χ1) is 13.9. The third-order valence-corrected chi connectivity index (χ3v) is 4.48. The third-order valence-electron chi connectivity index (χ3n) is 3.89. The van der Waals surface area contributed by atoms with Crippen LogP contribution in [-0.4, -0.2) is 11.8 Å². The van der Waals surface area contributed by atoms with Crippen molar-refractivity contribution >= 4 is 46.8 Å². The summed E-state index contributed by atoms with van der Waals surface area (Å²) in [4.78, 5) is 25.4. The number of nitrogens with one attached hydrogen (secondary N) is 2. The summed E-state index contributed by atoms with van der Waals surface area (Å²) < 4.78 is 13.2. The lowest BCUT2D eigenvalue weighted by atomic mass is 10.1. The zero-order chi connectivity index (χ0) is 20.8. The minimum atomic E-state index is -0.558. The van der Waals surface area contributed by atoms with Crippen molar-refractivity contribution in [2.24, 2.45) is 0 Å². The maximum atomic E-state index is 13.2. The van der Waals surface area contributed by atoms with Gasteiger partial charge in [-0.2, -0.15) is 0 Å². The Bertz CT molecular complexity index is 1060. The summed E-state index contributed by atoms with van der Waals surface area (Å²) in [5, 5.41) is 6.04. The normalized spacial score (nSPS) is 11.1. The Morgan fingerprint density at radius 1 is 0.862 bits per heavy atom. The van der Waals surface area contributed by atoms with Crippen LogP contribution in [0.2, 0.25) is 10.0 Å². The largest absolute Gasteiger partial charge is 0.321 e. The van der Waals surface area contributed by atoms with Gasteiger partial charge in [-0.25, -0.2) is 4.39 Å². The first-order valence-corrected chi connectivity index (χ1v) is 9.28. The van der Waals surface area contributed by atoms with Crippen molar-refractivity contribution in [2.45, 2.75) is 0 Å². The first-order valence-electron chi connectivity index (χ1n) is 8.52. The Balaban J connectivity index is 1.89. The number of hydrogen-bond donors (Lipinski definition) is 2. The second kappa shape index (κ2) is 9.37. The maximum Gasteiger partial charge on any atom is 0.272 e. The molecular weight excluding hydrogens is 414 g/mol. The summed E-state index contributed by atoms with van der Waals surface area (Å²) in [5.41, 5.74) is 1.22. The van der Waals surface area contributed by atoms with E-state index in [9.17, 15) is 14.0 Å². The Kier molecular flexibility index (Phi) is 6.65. The fourth-order valence-corrected chi connectivity index (χ4v) is 2.80. The monoisotopic (exact) mass is 428 g/mol. The molecule has 0 aliphatic rings. The van der Waals surface area contributed by atoms with Gasteiger partial charge in [0, 0.05) is 10.7 Å². The van der Waals surface area contributed by atoms with Gasteiger partial charge >= 0.3 is 0 Å². The van der Waals surface area contributed by atoms with Gasteiger partial charge in [-0.15, -0.1) is 0 Å². The van der Waals surface area contributed by atoms with Crippen molar-refractivity contribution in [3.63, 3.8) is 0 Å². The topological polar surface area (TPSA) is 58.2 Å². The van der Waals surface area contributed by atoms with Crippen molar-refractivity contribution in [1.82, 2.24) is 5.32 Å². The van der Waals surface area contributed by atoms with Crippen LogP contribution in [0, 0.1) is 5.82 Å². The molecule has 29 heavy (non-hydrogen) atoms. The molecule has 0 radical (unpaired) electrons. The zero-order valence-electron chi connectivity index (χ0n) is 15.0. The minimum absolute atomic E-state index is 0.0310. The van der Waals surface area contributed by atoms with Crippen LogP contribution >= 0.6 is 23.2 Å². The molecule has 7 heteroatoms. The molecule has 0 bridgehead atoms. The van der Waals surface area contributed by atoms with Crippen LogP contribution in [0.25, 0.3) is 6.08 Å². The molecule has 0 heterocycles. The molecule has 0 aromatic heterocycles. The number of anilines is 1. The number of carbonyl (C=O) groups is 2. The molecule has 0 fully saturated rings. The van der Waals surface area contributed by atoms with Gasteiger partial charge in [0.15, 0.2) is 0 Å². The van der Waals surface area contributed by atoms with Crippen LogP contribution < -0.4 is 10.6 Å². The van der Waals surface area contributed by atoms with Gasteiger partial charge < -0.3 is 10.6 Å². The van der Waals surface area contributed by atoms with E-state index in [1.54, 1.807) is 48.5 Å². The molecule has 3 rings (SSSR count). The highest BCUT2D eigenvalue weighted by Crippen LogP contribution is 2.17. The molecule has 4 nitrogen and oxygen atoms in total. The SMILES string of the molecule is O=C(Nc1ccc(Cl)cc1)C(=Cc1ccc(F)cc1)NC(=O)c1ccccc1Cl. The van der Waals surface area contributed by atoms with Gasteiger partial charge in [0.25, 0.3) is 11.8 Å². The Morgan fingerprint density at radius 2 is 1.52 bits per heavy atom. The van der Waals surface area contributed by atoms with E-state index in [1.165, 1.54) is 30.3 Å². The highest BCUT2D eigenvalue weighted by Gasteiger charge is 2.17. The van der Waals surface area contributed by atoms with Gasteiger partial charge in [-0.3, -0.25) is 9.59 Å². The molecule has 0 aliphatic heterocycles. The average molecular weight is 429 g/mol. The lowest BCUT2D eigenvalue weighted by Crippen LogP contribution is -2.30. The summed E-state index contributed by atoms with van der Waals surface area (Å²) in [6.07, 6.45) is 1.44. The van der Waals surface area contributed by atoms with Crippen LogP contribution in [0.4, 0.5) is 10.1 Å². The molecular formula is C22H15Cl2FN2O2. The number of halogens is 3. The lowest BCUT2D eigenvalue weighted by molar-refractivity contribution is -0.113. The number of benzene rings is 3. The van der Waals surface area contributed by atoms with E-state index in [0.29, 0.717) is 16.3 Å². The Morgan fingerprint density at radius 3 is 2.17 bits per heavy atom. The molecule has 0 unspecified atom stereocenters. The molecule has 0 saturated carbocycles. The maximum absolute atomic E-state index is 13.2. The van der Waals surface area contributed by atoms with Crippen LogP contribution in [0.15, 0.2) is 78.5 Å². The van der Waals surface area contributed by atoms with E-state index >= 15 is 0 Å². The Hall–Kier alpha value is -3.15. The lowest BCUT2D eigenvalue weighted by Gasteiger charge is -2.12. The Labute approximate surface area is 177 Å². The van der Waals surface area contributed by atoms with Gasteiger partial charge in [0.1, 0.15) is 11.5 Å². The van der Waals surface area contributed by atoms with E-state index in [2.05, 4.69) is 10.6 Å². The molecule has 2 amide bonds. The molecule has 0 aliphatic carbocycles. The molecule has 3 aromatic carbocycles. The summed E-state index contributed by atoms with van der Waals surface area (Å²) in [5.74, 6) is -1.51. The molecule has 2 N–H and O–H groups in total. The van der Waals surface area contributed by atoms with Gasteiger partial charge in [-0.05, 0) is 60.2 Å². The van der Waals surface area contributed by atoms with Crippen molar-refractivity contribution < 1.29 is 14.0 Å². The van der Waals surface area contributed by atoms with Crippen molar-refractivity contribution in [3.05, 3.63) is 105 Å². The summed E-state index contributed by atoms with van der Waals surface area (Å²) >= 11 is 11.9. The minimum Gasteiger partial charge on any atom is -0.321 e. The molecule has 146 valence electrons. The van der Waals surface area contributed by atoms with Gasteiger partial charge in [-0.1, -0.05) is 47.5 Å². The predicted octanol–water partition coefficient (Wildman–Crippen LogP) is 5.54. The number of rotatable bonds is 5. The average Bonchev–Trinajstić information content (AvgIpc) is 2.71. The summed E-state index contributed by atoms with van der Waals surface area (Å²) in [7, 11) is 0. The van der Waals surface area contributed by atoms with Crippen LogP contribution in [0.5, 0.6) is 0 Å². The summed E-state index contributed by atoms with van der Waals surface area (Å²) in [6.45, 7) is 0. The quantitative estimate of drug-likeness (QED) is 0.523. The standard InChI is InChI=1S/C22H15Cl2FN2O2/c23-15-7-11-17(12-8-15)26-22(29)20(13-14-5-9-16(25)10-6-14)27-21(28)18-3-1-2-4-19(18)24/h1-13H,(H,26,29)(H,27,28). The second-order valence-corrected chi connectivity index (χ2v) is 6.85. The van der Waals surface area contributed by atoms with E-state index in [0.717, 1.165) is 0 Å². The van der Waals surface area contributed by atoms with Gasteiger partial charge in [0.05, 0.1) is 10.6 Å². The number of amides is 2. The smallest absolute Gasteiger partial charge is 0.272 e. The van der Waals surface area contributed by atoms with Crippen LogP contribution in [-0.2, 0) is 4.79 Å². The fourth-order valence-electron chi connectivity index (χ4n) is 2.45. The highest BCUT2D eigenvalue weighted by atomic mass is 35.5. The predicted molar refractivity (Wildman–Crippen MR) is 113 cm³/mol. The molecule has 0 spiro atoms. The first kappa shape index (κ1) is 20.6. The van der Waals surface area contributed by atoms with E-state index in [1.807, 2.05) is 0 Å². The number of carbonyl (C=O) groups excluding carboxylic acids is 2. The van der Waals surface area contributed by atoms with Crippen LogP contribution in [0.3, 0.4) is 0 Å². The van der Waals surface area contributed by atoms with Crippen molar-refractivity contribution in [1.29, 1.82) is 0 Å². The molecule has 0 saturated heterocycles. The zero-order valence-corrected chi connectivity index (χ0v) is 16.5. The summed E-state index contributed by atoms with van der Waals surface area (Å²) in [6, 6.07) is 18.5. The third kappa shape index (κ3) is 5.67. The number of hydrogen-bond acceptors (Lipinski definition) is 2. The van der Waals surface area contributed by atoms with E-state index < -0.39 is 17.6 Å². The molecule has 3 aromatic rings. The molecule has 0 atom stereocenters. The van der Waals surface area contributed by atoms with Gasteiger partial charge in [0.2, 0.25) is 0 Å². The highest BCUT2D eigenvalue weighted by molar-refractivity contribution is 6.34. The van der Waals surface area contributed by atoms with Crippen molar-refractivity contribution in [3.8, 4) is 0 Å². The van der Waals surface area contributed by atoms with E-state index in [-0.39, 0.29) is 16.3 Å². The second-order valence-electron chi connectivity index (χ2n) is 6.00. The van der Waals surface area contributed by atoms with Crippen molar-refractivity contribution in [2.75, 3.05) is 5.32 Å². The fraction of sp³-hybridized carbons (Fsp3) is 0.